The summed E-state index contributed by atoms with van der Waals surface area (Å²) in [6, 6.07) is 6.89. The molecule has 0 radical (unpaired) electrons. The molecule has 0 N–H and O–H groups in total. The molecular formula is C74H136O8. The van der Waals surface area contributed by atoms with Crippen LogP contribution in [0.4, 0.5) is 0 Å². The highest BCUT2D eigenvalue weighted by molar-refractivity contribution is 6.29. The third-order valence-corrected chi connectivity index (χ3v) is 16.5. The summed E-state index contributed by atoms with van der Waals surface area (Å²) in [6.07, 6.45) is 72.5. The van der Waals surface area contributed by atoms with Crippen molar-refractivity contribution >= 4 is 23.9 Å². The number of hydrogen-bond donors (Lipinski definition) is 0. The summed E-state index contributed by atoms with van der Waals surface area (Å²) < 4.78 is 21.2. The summed E-state index contributed by atoms with van der Waals surface area (Å²) in [6.45, 7) is 10.5. The van der Waals surface area contributed by atoms with E-state index in [1.165, 1.54) is 308 Å². The minimum Gasteiger partial charge on any atom is -0.462 e. The predicted molar refractivity (Wildman–Crippen MR) is 350 cm³/mol. The number of ether oxygens (including phenoxy) is 4. The number of carbonyl (C=O) groups excluding carboxylic acids is 4. The van der Waals surface area contributed by atoms with Crippen molar-refractivity contribution in [1.29, 1.82) is 0 Å². The fourth-order valence-corrected chi connectivity index (χ4v) is 11.0. The number of unbranched alkanes of at least 4 members (excludes halogenated alkanes) is 52. The van der Waals surface area contributed by atoms with E-state index in [0.717, 1.165) is 51.4 Å². The molecule has 1 aromatic carbocycles. The fourth-order valence-electron chi connectivity index (χ4n) is 11.0. The summed E-state index contributed by atoms with van der Waals surface area (Å²) in [5, 5.41) is 0. The van der Waals surface area contributed by atoms with Gasteiger partial charge >= 0.3 is 23.9 Å². The molecule has 0 aliphatic carbocycles. The third kappa shape index (κ3) is 57.5. The van der Waals surface area contributed by atoms with Gasteiger partial charge in [-0.25, -0.2) is 19.2 Å². The first-order valence-corrected chi connectivity index (χ1v) is 36.2. The largest absolute Gasteiger partial charge is 0.462 e. The molecular weight excluding hydrogens is 1020 g/mol. The molecule has 0 saturated carbocycles. The summed E-state index contributed by atoms with van der Waals surface area (Å²) in [5.74, 6) is -2.51. The Balaban J connectivity index is 0.00000170. The smallest absolute Gasteiger partial charge is 0.417 e. The Hall–Kier alpha value is -2.90. The SMILES string of the molecule is CCCCCCCCCCCCCCCCCCOC(=O)c1ccccc1C(=O)OCCCCCCCCCCCCCCCCCC.CCCCCCCCCCCCCCOC(=O)C(=O)OCCCCCCCCCCCCCC. The van der Waals surface area contributed by atoms with Gasteiger partial charge in [0.25, 0.3) is 0 Å². The van der Waals surface area contributed by atoms with Crippen LogP contribution >= 0.6 is 0 Å². The molecule has 1 rings (SSSR count). The Morgan fingerprint density at radius 1 is 0.220 bits per heavy atom. The molecule has 0 fully saturated rings. The highest BCUT2D eigenvalue weighted by atomic mass is 16.6. The van der Waals surface area contributed by atoms with Crippen LogP contribution in [-0.4, -0.2) is 50.3 Å². The van der Waals surface area contributed by atoms with E-state index in [2.05, 4.69) is 27.7 Å². The summed E-state index contributed by atoms with van der Waals surface area (Å²) in [4.78, 5) is 48.9. The second kappa shape index (κ2) is 67.2. The van der Waals surface area contributed by atoms with Crippen LogP contribution in [0.3, 0.4) is 0 Å². The van der Waals surface area contributed by atoms with E-state index in [9.17, 15) is 19.2 Å². The van der Waals surface area contributed by atoms with Crippen LogP contribution < -0.4 is 0 Å². The Kier molecular flexibility index (Phi) is 64.9. The standard InChI is InChI=1S/C44H78O4.C30H58O4/c1-3-5-7-9-11-13-15-17-19-21-23-25-27-29-31-35-39-47-43(45)41-37-33-34-38-42(41)44(46)48-40-36-32-30-28-26-24-22-20-18-16-14-12-10-8-6-4-2;1-3-5-7-9-11-13-15-17-19-21-23-25-27-33-29(31)30(32)34-28-26-24-22-20-18-16-14-12-10-8-6-4-2/h33-34,37-38H,3-32,35-36,39-40H2,1-2H3;3-28H2,1-2H3. The van der Waals surface area contributed by atoms with Crippen molar-refractivity contribution in [3.8, 4) is 0 Å². The van der Waals surface area contributed by atoms with E-state index in [1.807, 2.05) is 0 Å². The van der Waals surface area contributed by atoms with E-state index in [-0.39, 0.29) is 0 Å². The molecule has 0 heterocycles. The molecule has 1 aromatic rings. The summed E-state index contributed by atoms with van der Waals surface area (Å²) >= 11 is 0. The minimum absolute atomic E-state index is 0.311. The van der Waals surface area contributed by atoms with Crippen molar-refractivity contribution in [2.75, 3.05) is 26.4 Å². The van der Waals surface area contributed by atoms with Crippen LogP contribution in [0.1, 0.15) is 408 Å². The molecule has 0 aliphatic rings. The van der Waals surface area contributed by atoms with E-state index in [1.54, 1.807) is 24.3 Å². The highest BCUT2D eigenvalue weighted by Crippen LogP contribution is 2.19. The Labute approximate surface area is 508 Å². The molecule has 8 nitrogen and oxygen atoms in total. The van der Waals surface area contributed by atoms with E-state index in [4.69, 9.17) is 18.9 Å². The lowest BCUT2D eigenvalue weighted by molar-refractivity contribution is -0.167. The predicted octanol–water partition coefficient (Wildman–Crippen LogP) is 24.0. The number of carbonyl (C=O) groups is 4. The highest BCUT2D eigenvalue weighted by Gasteiger charge is 2.19. The van der Waals surface area contributed by atoms with Crippen LogP contribution in [-0.2, 0) is 28.5 Å². The molecule has 0 spiro atoms. The van der Waals surface area contributed by atoms with E-state index in [0.29, 0.717) is 37.6 Å². The second-order valence-corrected chi connectivity index (χ2v) is 24.5. The Morgan fingerprint density at radius 3 is 0.537 bits per heavy atom. The average Bonchev–Trinajstić information content (AvgIpc) is 3.49. The maximum Gasteiger partial charge on any atom is 0.417 e. The van der Waals surface area contributed by atoms with E-state index < -0.39 is 23.9 Å². The van der Waals surface area contributed by atoms with Gasteiger partial charge in [0.1, 0.15) is 0 Å². The van der Waals surface area contributed by atoms with Crippen LogP contribution in [0.15, 0.2) is 24.3 Å². The van der Waals surface area contributed by atoms with Crippen LogP contribution in [0, 0.1) is 0 Å². The van der Waals surface area contributed by atoms with Gasteiger partial charge in [-0.05, 0) is 37.8 Å². The van der Waals surface area contributed by atoms with Gasteiger partial charge in [0.2, 0.25) is 0 Å². The van der Waals surface area contributed by atoms with Crippen LogP contribution in [0.5, 0.6) is 0 Å². The topological polar surface area (TPSA) is 105 Å². The van der Waals surface area contributed by atoms with Crippen molar-refractivity contribution in [3.63, 3.8) is 0 Å². The lowest BCUT2D eigenvalue weighted by Crippen LogP contribution is -2.21. The summed E-state index contributed by atoms with van der Waals surface area (Å²) in [7, 11) is 0. The van der Waals surface area contributed by atoms with Crippen molar-refractivity contribution in [2.45, 2.75) is 387 Å². The Morgan fingerprint density at radius 2 is 0.366 bits per heavy atom. The zero-order valence-electron chi connectivity index (χ0n) is 55.0. The van der Waals surface area contributed by atoms with E-state index >= 15 is 0 Å². The molecule has 0 saturated heterocycles. The van der Waals surface area contributed by atoms with Crippen LogP contribution in [0.25, 0.3) is 0 Å². The first kappa shape index (κ1) is 79.1. The lowest BCUT2D eigenvalue weighted by Gasteiger charge is -2.10. The minimum atomic E-state index is -0.831. The molecule has 0 atom stereocenters. The van der Waals surface area contributed by atoms with Gasteiger partial charge in [-0.3, -0.25) is 0 Å². The van der Waals surface area contributed by atoms with Gasteiger partial charge in [-0.2, -0.15) is 0 Å². The first-order valence-electron chi connectivity index (χ1n) is 36.2. The molecule has 82 heavy (non-hydrogen) atoms. The van der Waals surface area contributed by atoms with Gasteiger partial charge in [0.15, 0.2) is 0 Å². The maximum absolute atomic E-state index is 12.7. The van der Waals surface area contributed by atoms with Gasteiger partial charge in [0.05, 0.1) is 37.6 Å². The molecule has 0 aliphatic heterocycles. The third-order valence-electron chi connectivity index (χ3n) is 16.5. The van der Waals surface area contributed by atoms with Gasteiger partial charge < -0.3 is 18.9 Å². The monoisotopic (exact) mass is 1150 g/mol. The fraction of sp³-hybridized carbons (Fsp3) is 0.865. The molecule has 0 unspecified atom stereocenters. The van der Waals surface area contributed by atoms with Crippen molar-refractivity contribution < 1.29 is 38.1 Å². The van der Waals surface area contributed by atoms with Gasteiger partial charge in [-0.15, -0.1) is 0 Å². The lowest BCUT2D eigenvalue weighted by atomic mass is 10.0. The zero-order valence-corrected chi connectivity index (χ0v) is 55.0. The number of rotatable bonds is 62. The second-order valence-electron chi connectivity index (χ2n) is 24.5. The van der Waals surface area contributed by atoms with Crippen molar-refractivity contribution in [2.24, 2.45) is 0 Å². The number of benzene rings is 1. The molecule has 0 amide bonds. The molecule has 480 valence electrons. The van der Waals surface area contributed by atoms with Gasteiger partial charge in [-0.1, -0.05) is 374 Å². The number of hydrogen-bond acceptors (Lipinski definition) is 8. The summed E-state index contributed by atoms with van der Waals surface area (Å²) in [5.41, 5.74) is 0.622. The number of esters is 4. The molecule has 0 bridgehead atoms. The maximum atomic E-state index is 12.7. The van der Waals surface area contributed by atoms with Crippen molar-refractivity contribution in [1.82, 2.24) is 0 Å². The van der Waals surface area contributed by atoms with Gasteiger partial charge in [0, 0.05) is 0 Å². The first-order chi connectivity index (χ1) is 40.4. The zero-order chi connectivity index (χ0) is 59.5. The normalized spacial score (nSPS) is 11.1. The van der Waals surface area contributed by atoms with Crippen LogP contribution in [0.2, 0.25) is 0 Å². The van der Waals surface area contributed by atoms with Crippen molar-refractivity contribution in [3.05, 3.63) is 35.4 Å². The molecule has 8 heteroatoms. The average molecular weight is 1150 g/mol. The quantitative estimate of drug-likeness (QED) is 0.0275. The molecule has 0 aromatic heterocycles. The Bertz CT molecular complexity index is 1380.